The Morgan fingerprint density at radius 3 is 2.68 bits per heavy atom. The highest BCUT2D eigenvalue weighted by Crippen LogP contribution is 2.34. The normalized spacial score (nSPS) is 17.6. The Morgan fingerprint density at radius 2 is 1.93 bits per heavy atom. The molecule has 5 heteroatoms. The molecule has 0 saturated heterocycles. The lowest BCUT2D eigenvalue weighted by Crippen LogP contribution is -2.37. The van der Waals surface area contributed by atoms with Gasteiger partial charge in [0.2, 0.25) is 5.91 Å². The molecule has 5 nitrogen and oxygen atoms in total. The number of carbonyl (C=O) groups excluding carboxylic acids is 1. The first-order valence-corrected chi connectivity index (χ1v) is 10.7. The van der Waals surface area contributed by atoms with Gasteiger partial charge in [0.25, 0.3) is 0 Å². The van der Waals surface area contributed by atoms with E-state index in [0.717, 1.165) is 36.4 Å². The number of rotatable bonds is 8. The van der Waals surface area contributed by atoms with Gasteiger partial charge in [-0.2, -0.15) is 0 Å². The van der Waals surface area contributed by atoms with E-state index in [1.54, 1.807) is 0 Å². The first-order valence-electron chi connectivity index (χ1n) is 10.7. The third kappa shape index (κ3) is 5.99. The molecule has 28 heavy (non-hydrogen) atoms. The topological polar surface area (TPSA) is 59.6 Å². The standard InChI is InChI=1S/C23H34N2O3/c1-17(2)23(19-9-10-20-21(15-19)28-14-6-13-27-20)25-16-22(26)24-12-11-18-7-4-3-5-8-18/h7,9-10,15,17,23,25H,3-6,8,11-14,16H2,1-2H3,(H,24,26)/t23-/m1/s1. The molecule has 0 unspecified atom stereocenters. The molecule has 1 heterocycles. The van der Waals surface area contributed by atoms with Crippen molar-refractivity contribution in [3.05, 3.63) is 35.4 Å². The minimum atomic E-state index is 0.0522. The molecule has 0 saturated carbocycles. The Bertz CT molecular complexity index is 684. The fourth-order valence-electron chi connectivity index (χ4n) is 3.87. The van der Waals surface area contributed by atoms with Gasteiger partial charge in [-0.25, -0.2) is 0 Å². The van der Waals surface area contributed by atoms with E-state index in [4.69, 9.17) is 9.47 Å². The van der Waals surface area contributed by atoms with Gasteiger partial charge in [-0.05, 0) is 55.7 Å². The van der Waals surface area contributed by atoms with E-state index in [9.17, 15) is 4.79 Å². The zero-order valence-electron chi connectivity index (χ0n) is 17.3. The van der Waals surface area contributed by atoms with Crippen molar-refractivity contribution >= 4 is 5.91 Å². The summed E-state index contributed by atoms with van der Waals surface area (Å²) in [5.74, 6) is 2.01. The molecule has 154 valence electrons. The van der Waals surface area contributed by atoms with Gasteiger partial charge < -0.3 is 20.1 Å². The van der Waals surface area contributed by atoms with Crippen molar-refractivity contribution in [2.75, 3.05) is 26.3 Å². The lowest BCUT2D eigenvalue weighted by atomic mass is 9.95. The van der Waals surface area contributed by atoms with Crippen LogP contribution in [0.3, 0.4) is 0 Å². The van der Waals surface area contributed by atoms with Crippen LogP contribution >= 0.6 is 0 Å². The summed E-state index contributed by atoms with van der Waals surface area (Å²) in [5.41, 5.74) is 2.62. The highest BCUT2D eigenvalue weighted by atomic mass is 16.5. The smallest absolute Gasteiger partial charge is 0.233 e. The number of benzene rings is 1. The Balaban J connectivity index is 1.51. The third-order valence-electron chi connectivity index (χ3n) is 5.43. The van der Waals surface area contributed by atoms with Crippen molar-refractivity contribution in [3.8, 4) is 11.5 Å². The molecule has 0 bridgehead atoms. The number of hydrogen-bond donors (Lipinski definition) is 2. The van der Waals surface area contributed by atoms with Crippen LogP contribution in [0.4, 0.5) is 0 Å². The van der Waals surface area contributed by atoms with E-state index in [1.165, 1.54) is 31.3 Å². The lowest BCUT2D eigenvalue weighted by Gasteiger charge is -2.24. The van der Waals surface area contributed by atoms with Crippen molar-refractivity contribution in [2.24, 2.45) is 5.92 Å². The van der Waals surface area contributed by atoms with Crippen LogP contribution in [0, 0.1) is 5.92 Å². The van der Waals surface area contributed by atoms with Crippen molar-refractivity contribution in [1.29, 1.82) is 0 Å². The average Bonchev–Trinajstić information content (AvgIpc) is 2.94. The van der Waals surface area contributed by atoms with E-state index in [0.29, 0.717) is 25.7 Å². The Morgan fingerprint density at radius 1 is 1.11 bits per heavy atom. The monoisotopic (exact) mass is 386 g/mol. The maximum atomic E-state index is 12.3. The van der Waals surface area contributed by atoms with Gasteiger partial charge in [0.1, 0.15) is 0 Å². The van der Waals surface area contributed by atoms with E-state index in [-0.39, 0.29) is 11.9 Å². The van der Waals surface area contributed by atoms with Crippen LogP contribution in [-0.4, -0.2) is 32.2 Å². The van der Waals surface area contributed by atoms with Gasteiger partial charge in [0.15, 0.2) is 11.5 Å². The number of allylic oxidation sites excluding steroid dienone is 1. The second-order valence-electron chi connectivity index (χ2n) is 8.07. The van der Waals surface area contributed by atoms with Crippen molar-refractivity contribution in [1.82, 2.24) is 10.6 Å². The molecule has 1 aromatic rings. The molecule has 1 atom stereocenters. The van der Waals surface area contributed by atoms with Crippen molar-refractivity contribution in [3.63, 3.8) is 0 Å². The molecule has 0 radical (unpaired) electrons. The Labute approximate surface area is 168 Å². The highest BCUT2D eigenvalue weighted by Gasteiger charge is 2.19. The van der Waals surface area contributed by atoms with Crippen LogP contribution in [0.2, 0.25) is 0 Å². The third-order valence-corrected chi connectivity index (χ3v) is 5.43. The molecule has 2 N–H and O–H groups in total. The average molecular weight is 387 g/mol. The van der Waals surface area contributed by atoms with Crippen LogP contribution in [0.25, 0.3) is 0 Å². The second-order valence-corrected chi connectivity index (χ2v) is 8.07. The first kappa shape index (κ1) is 20.7. The summed E-state index contributed by atoms with van der Waals surface area (Å²) in [6, 6.07) is 6.18. The Kier molecular flexibility index (Phi) is 7.78. The largest absolute Gasteiger partial charge is 0.490 e. The number of carbonyl (C=O) groups is 1. The molecule has 1 aliphatic carbocycles. The van der Waals surface area contributed by atoms with Crippen LogP contribution < -0.4 is 20.1 Å². The molecular weight excluding hydrogens is 352 g/mol. The number of fused-ring (bicyclic) bond motifs is 1. The van der Waals surface area contributed by atoms with Gasteiger partial charge in [-0.3, -0.25) is 4.79 Å². The van der Waals surface area contributed by atoms with E-state index in [1.807, 2.05) is 12.1 Å². The fraction of sp³-hybridized carbons (Fsp3) is 0.609. The molecule has 1 aromatic carbocycles. The molecule has 0 aromatic heterocycles. The minimum absolute atomic E-state index is 0.0522. The van der Waals surface area contributed by atoms with Gasteiger partial charge in [-0.1, -0.05) is 31.6 Å². The highest BCUT2D eigenvalue weighted by molar-refractivity contribution is 5.78. The van der Waals surface area contributed by atoms with Gasteiger partial charge in [-0.15, -0.1) is 0 Å². The molecule has 3 rings (SSSR count). The summed E-state index contributed by atoms with van der Waals surface area (Å²) < 4.78 is 11.5. The van der Waals surface area contributed by atoms with E-state index in [2.05, 4.69) is 36.6 Å². The second kappa shape index (κ2) is 10.5. The maximum absolute atomic E-state index is 12.3. The van der Waals surface area contributed by atoms with Gasteiger partial charge >= 0.3 is 0 Å². The minimum Gasteiger partial charge on any atom is -0.490 e. The predicted octanol–water partition coefficient (Wildman–Crippen LogP) is 4.14. The molecular formula is C23H34N2O3. The Hall–Kier alpha value is -2.01. The van der Waals surface area contributed by atoms with E-state index >= 15 is 0 Å². The summed E-state index contributed by atoms with van der Waals surface area (Å²) in [6.45, 7) is 6.73. The van der Waals surface area contributed by atoms with Crippen LogP contribution in [0.5, 0.6) is 11.5 Å². The van der Waals surface area contributed by atoms with Gasteiger partial charge in [0.05, 0.1) is 19.8 Å². The molecule has 2 aliphatic rings. The van der Waals surface area contributed by atoms with Crippen LogP contribution in [0.15, 0.2) is 29.8 Å². The molecule has 1 aliphatic heterocycles. The fourth-order valence-corrected chi connectivity index (χ4v) is 3.87. The number of amides is 1. The van der Waals surface area contributed by atoms with Crippen LogP contribution in [-0.2, 0) is 4.79 Å². The first-order chi connectivity index (χ1) is 13.6. The quantitative estimate of drug-likeness (QED) is 0.659. The summed E-state index contributed by atoms with van der Waals surface area (Å²) in [5, 5.41) is 6.47. The SMILES string of the molecule is CC(C)[C@@H](NCC(=O)NCCC1=CCCCC1)c1ccc2c(c1)OCCCO2. The zero-order chi connectivity index (χ0) is 19.8. The summed E-state index contributed by atoms with van der Waals surface area (Å²) in [7, 11) is 0. The predicted molar refractivity (Wildman–Crippen MR) is 112 cm³/mol. The lowest BCUT2D eigenvalue weighted by molar-refractivity contribution is -0.120. The molecule has 0 fully saturated rings. The van der Waals surface area contributed by atoms with Gasteiger partial charge in [0, 0.05) is 19.0 Å². The number of hydrogen-bond acceptors (Lipinski definition) is 4. The zero-order valence-corrected chi connectivity index (χ0v) is 17.3. The van der Waals surface area contributed by atoms with Crippen molar-refractivity contribution in [2.45, 2.75) is 58.4 Å². The maximum Gasteiger partial charge on any atom is 0.233 e. The number of nitrogens with one attached hydrogen (secondary N) is 2. The molecule has 0 spiro atoms. The van der Waals surface area contributed by atoms with Crippen molar-refractivity contribution < 1.29 is 14.3 Å². The summed E-state index contributed by atoms with van der Waals surface area (Å²) >= 11 is 0. The number of ether oxygens (including phenoxy) is 2. The summed E-state index contributed by atoms with van der Waals surface area (Å²) in [4.78, 5) is 12.3. The molecule has 1 amide bonds. The van der Waals surface area contributed by atoms with E-state index < -0.39 is 0 Å². The summed E-state index contributed by atoms with van der Waals surface area (Å²) in [6.07, 6.45) is 9.18. The van der Waals surface area contributed by atoms with Crippen LogP contribution in [0.1, 0.15) is 64.0 Å².